The molecule has 0 fully saturated rings. The summed E-state index contributed by atoms with van der Waals surface area (Å²) in [6.45, 7) is 0. The third kappa shape index (κ3) is 3.28. The Bertz CT molecular complexity index is 277. The van der Waals surface area contributed by atoms with Crippen LogP contribution in [0.15, 0.2) is 12.2 Å². The van der Waals surface area contributed by atoms with Crippen LogP contribution in [0.2, 0.25) is 0 Å². The molecular formula is C7H6O6. The van der Waals surface area contributed by atoms with Crippen molar-refractivity contribution in [2.24, 2.45) is 5.92 Å². The number of rotatable bonds is 5. The molecule has 0 aromatic heterocycles. The Balaban J connectivity index is 4.71. The Morgan fingerprint density at radius 3 is 2.00 bits per heavy atom. The number of carboxylic acids is 2. The third-order valence-corrected chi connectivity index (χ3v) is 1.14. The molecule has 0 saturated heterocycles. The van der Waals surface area contributed by atoms with Gasteiger partial charge in [0.15, 0.2) is 0 Å². The Morgan fingerprint density at radius 2 is 1.69 bits per heavy atom. The number of allylic oxidation sites excluding steroid dienone is 1. The van der Waals surface area contributed by atoms with E-state index in [0.717, 1.165) is 6.08 Å². The Hall–Kier alpha value is -1.98. The van der Waals surface area contributed by atoms with Crippen LogP contribution in [0.25, 0.3) is 0 Å². The van der Waals surface area contributed by atoms with Gasteiger partial charge in [0.25, 0.3) is 5.78 Å². The van der Waals surface area contributed by atoms with Crippen LogP contribution >= 0.6 is 0 Å². The van der Waals surface area contributed by atoms with Crippen LogP contribution in [0.5, 0.6) is 0 Å². The van der Waals surface area contributed by atoms with Crippen LogP contribution in [0.1, 0.15) is 0 Å². The first-order valence-electron chi connectivity index (χ1n) is 3.12. The van der Waals surface area contributed by atoms with Crippen molar-refractivity contribution in [3.05, 3.63) is 12.2 Å². The van der Waals surface area contributed by atoms with Gasteiger partial charge in [-0.3, -0.25) is 14.4 Å². The Labute approximate surface area is 72.5 Å². The third-order valence-electron chi connectivity index (χ3n) is 1.14. The first kappa shape index (κ1) is 11.0. The molecule has 0 aromatic carbocycles. The summed E-state index contributed by atoms with van der Waals surface area (Å²) in [6, 6.07) is 0. The lowest BCUT2D eigenvalue weighted by molar-refractivity contribution is -0.155. The summed E-state index contributed by atoms with van der Waals surface area (Å²) >= 11 is 0. The predicted molar refractivity (Wildman–Crippen MR) is 39.0 cm³/mol. The SMILES string of the molecule is O=CC=CC(C(=O)O)C(=O)C(=O)O. The van der Waals surface area contributed by atoms with Gasteiger partial charge in [0.05, 0.1) is 0 Å². The zero-order valence-electron chi connectivity index (χ0n) is 6.34. The summed E-state index contributed by atoms with van der Waals surface area (Å²) in [5.74, 6) is -6.73. The highest BCUT2D eigenvalue weighted by atomic mass is 16.4. The Morgan fingerprint density at radius 1 is 1.15 bits per heavy atom. The minimum absolute atomic E-state index is 0.255. The molecule has 0 bridgehead atoms. The monoisotopic (exact) mass is 186 g/mol. The first-order chi connectivity index (χ1) is 6.00. The molecule has 0 aliphatic carbocycles. The van der Waals surface area contributed by atoms with E-state index >= 15 is 0 Å². The summed E-state index contributed by atoms with van der Waals surface area (Å²) in [6.07, 6.45) is 1.73. The molecular weight excluding hydrogens is 180 g/mol. The number of Topliss-reactive ketones (excluding diaryl/α,β-unsaturated/α-hetero) is 1. The van der Waals surface area contributed by atoms with Crippen LogP contribution in [0, 0.1) is 5.92 Å². The van der Waals surface area contributed by atoms with Gasteiger partial charge in [-0.1, -0.05) is 6.08 Å². The molecule has 13 heavy (non-hydrogen) atoms. The maximum atomic E-state index is 10.6. The summed E-state index contributed by atoms with van der Waals surface area (Å²) in [4.78, 5) is 40.8. The van der Waals surface area contributed by atoms with Crippen LogP contribution in [0.4, 0.5) is 0 Å². The summed E-state index contributed by atoms with van der Waals surface area (Å²) in [5.41, 5.74) is 0. The lowest BCUT2D eigenvalue weighted by Crippen LogP contribution is -2.28. The van der Waals surface area contributed by atoms with E-state index in [4.69, 9.17) is 10.2 Å². The summed E-state index contributed by atoms with van der Waals surface area (Å²) < 4.78 is 0. The highest BCUT2D eigenvalue weighted by Gasteiger charge is 2.28. The fraction of sp³-hybridized carbons (Fsp3) is 0.143. The van der Waals surface area contributed by atoms with E-state index in [1.54, 1.807) is 0 Å². The van der Waals surface area contributed by atoms with Gasteiger partial charge in [0, 0.05) is 0 Å². The van der Waals surface area contributed by atoms with E-state index in [0.29, 0.717) is 6.08 Å². The number of ketones is 1. The van der Waals surface area contributed by atoms with Crippen LogP contribution < -0.4 is 0 Å². The average molecular weight is 186 g/mol. The van der Waals surface area contributed by atoms with Gasteiger partial charge in [-0.15, -0.1) is 0 Å². The Kier molecular flexibility index (Phi) is 4.08. The van der Waals surface area contributed by atoms with Gasteiger partial charge >= 0.3 is 11.9 Å². The average Bonchev–Trinajstić information content (AvgIpc) is 2.04. The van der Waals surface area contributed by atoms with E-state index in [1.807, 2.05) is 0 Å². The van der Waals surface area contributed by atoms with E-state index in [1.165, 1.54) is 0 Å². The molecule has 0 saturated carbocycles. The molecule has 0 radical (unpaired) electrons. The van der Waals surface area contributed by atoms with Gasteiger partial charge in [0.2, 0.25) is 0 Å². The molecule has 0 amide bonds. The molecule has 0 heterocycles. The quantitative estimate of drug-likeness (QED) is 0.249. The molecule has 0 rings (SSSR count). The molecule has 2 N–H and O–H groups in total. The van der Waals surface area contributed by atoms with Crippen molar-refractivity contribution >= 4 is 24.0 Å². The van der Waals surface area contributed by atoms with Crippen molar-refractivity contribution in [1.82, 2.24) is 0 Å². The molecule has 70 valence electrons. The number of aliphatic carboxylic acids is 2. The maximum absolute atomic E-state index is 10.6. The second kappa shape index (κ2) is 4.81. The molecule has 6 heteroatoms. The lowest BCUT2D eigenvalue weighted by atomic mass is 10.0. The fourth-order valence-corrected chi connectivity index (χ4v) is 0.571. The minimum atomic E-state index is -1.84. The zero-order valence-corrected chi connectivity index (χ0v) is 6.34. The van der Waals surface area contributed by atoms with Gasteiger partial charge in [0.1, 0.15) is 12.2 Å². The van der Waals surface area contributed by atoms with Crippen molar-refractivity contribution in [3.63, 3.8) is 0 Å². The minimum Gasteiger partial charge on any atom is -0.480 e. The largest absolute Gasteiger partial charge is 0.480 e. The standard InChI is InChI=1S/C7H6O6/c8-3-1-2-4(6(10)11)5(9)7(12)13/h1-4H,(H,10,11)(H,12,13). The van der Waals surface area contributed by atoms with E-state index in [-0.39, 0.29) is 6.29 Å². The smallest absolute Gasteiger partial charge is 0.373 e. The molecule has 1 unspecified atom stereocenters. The molecule has 6 nitrogen and oxygen atoms in total. The number of carboxylic acid groups (broad SMARTS) is 2. The fourth-order valence-electron chi connectivity index (χ4n) is 0.571. The predicted octanol–water partition coefficient (Wildman–Crippen LogP) is -0.904. The van der Waals surface area contributed by atoms with Crippen LogP contribution in [-0.4, -0.2) is 34.2 Å². The van der Waals surface area contributed by atoms with E-state index < -0.39 is 23.6 Å². The molecule has 0 spiro atoms. The topological polar surface area (TPSA) is 109 Å². The zero-order chi connectivity index (χ0) is 10.4. The van der Waals surface area contributed by atoms with Crippen LogP contribution in [0.3, 0.4) is 0 Å². The van der Waals surface area contributed by atoms with Crippen molar-refractivity contribution in [1.29, 1.82) is 0 Å². The molecule has 0 aromatic rings. The van der Waals surface area contributed by atoms with Crippen molar-refractivity contribution in [2.75, 3.05) is 0 Å². The van der Waals surface area contributed by atoms with Gasteiger partial charge < -0.3 is 10.2 Å². The maximum Gasteiger partial charge on any atom is 0.373 e. The number of carbonyl (C=O) groups excluding carboxylic acids is 2. The number of hydrogen-bond donors (Lipinski definition) is 2. The van der Waals surface area contributed by atoms with Gasteiger partial charge in [-0.05, 0) is 6.08 Å². The van der Waals surface area contributed by atoms with Crippen molar-refractivity contribution < 1.29 is 29.4 Å². The normalized spacial score (nSPS) is 12.3. The van der Waals surface area contributed by atoms with Crippen molar-refractivity contribution in [3.8, 4) is 0 Å². The highest BCUT2D eigenvalue weighted by molar-refractivity contribution is 6.37. The van der Waals surface area contributed by atoms with Crippen molar-refractivity contribution in [2.45, 2.75) is 0 Å². The highest BCUT2D eigenvalue weighted by Crippen LogP contribution is 2.01. The molecule has 1 atom stereocenters. The summed E-state index contributed by atoms with van der Waals surface area (Å²) in [7, 11) is 0. The van der Waals surface area contributed by atoms with E-state index in [2.05, 4.69) is 0 Å². The molecule has 0 aliphatic rings. The number of carbonyl (C=O) groups is 4. The van der Waals surface area contributed by atoms with E-state index in [9.17, 15) is 19.2 Å². The molecule has 0 aliphatic heterocycles. The lowest BCUT2D eigenvalue weighted by Gasteiger charge is -2.00. The number of hydrogen-bond acceptors (Lipinski definition) is 4. The summed E-state index contributed by atoms with van der Waals surface area (Å²) in [5, 5.41) is 16.5. The second-order valence-electron chi connectivity index (χ2n) is 2.01. The van der Waals surface area contributed by atoms with Gasteiger partial charge in [-0.2, -0.15) is 0 Å². The van der Waals surface area contributed by atoms with Crippen LogP contribution in [-0.2, 0) is 19.2 Å². The number of aldehydes is 1. The van der Waals surface area contributed by atoms with Gasteiger partial charge in [-0.25, -0.2) is 4.79 Å². The second-order valence-corrected chi connectivity index (χ2v) is 2.01. The first-order valence-corrected chi connectivity index (χ1v) is 3.12.